The molecule has 50 heavy (non-hydrogen) atoms. The third kappa shape index (κ3) is 6.66. The second kappa shape index (κ2) is 13.4. The van der Waals surface area contributed by atoms with Crippen molar-refractivity contribution >= 4 is 40.7 Å². The van der Waals surface area contributed by atoms with Crippen molar-refractivity contribution in [3.8, 4) is 5.75 Å². The van der Waals surface area contributed by atoms with E-state index in [1.165, 1.54) is 23.5 Å². The van der Waals surface area contributed by atoms with Gasteiger partial charge in [-0.1, -0.05) is 12.1 Å². The van der Waals surface area contributed by atoms with E-state index in [9.17, 15) is 37.1 Å². The molecule has 11 nitrogen and oxygen atoms in total. The van der Waals surface area contributed by atoms with Crippen LogP contribution in [0.5, 0.6) is 5.75 Å². The highest BCUT2D eigenvalue weighted by Gasteiger charge is 2.57. The van der Waals surface area contributed by atoms with Crippen LogP contribution >= 0.6 is 11.3 Å². The molecule has 1 aromatic heterocycles. The summed E-state index contributed by atoms with van der Waals surface area (Å²) in [5.74, 6) is -5.40. The molecular formula is C33H30F5N5O6S. The molecule has 17 heteroatoms. The fraction of sp³-hybridized carbons (Fsp3) is 0.364. The maximum Gasteiger partial charge on any atom is 0.573 e. The fourth-order valence-electron chi connectivity index (χ4n) is 6.50. The number of benzene rings is 2. The Morgan fingerprint density at radius 1 is 1.20 bits per heavy atom. The average Bonchev–Trinajstić information content (AvgIpc) is 3.69. The first kappa shape index (κ1) is 34.9. The molecular weight excluding hydrogens is 689 g/mol. The smallest absolute Gasteiger partial charge is 0.478 e. The van der Waals surface area contributed by atoms with Gasteiger partial charge in [-0.2, -0.15) is 0 Å². The van der Waals surface area contributed by atoms with Crippen LogP contribution in [0.15, 0.2) is 64.2 Å². The zero-order chi connectivity index (χ0) is 36.0. The number of carboxylic acids is 1. The molecule has 0 bridgehead atoms. The number of esters is 1. The quantitative estimate of drug-likeness (QED) is 0.227. The Kier molecular flexibility index (Phi) is 9.39. The molecule has 3 aromatic rings. The number of amidine groups is 1. The number of hydrogen-bond acceptors (Lipinski definition) is 10. The van der Waals surface area contributed by atoms with Crippen LogP contribution in [-0.4, -0.2) is 83.5 Å². The minimum Gasteiger partial charge on any atom is -0.478 e. The number of aromatic nitrogens is 1. The highest BCUT2D eigenvalue weighted by molar-refractivity contribution is 7.11. The monoisotopic (exact) mass is 719 g/mol. The van der Waals surface area contributed by atoms with Crippen LogP contribution in [0.25, 0.3) is 0 Å². The summed E-state index contributed by atoms with van der Waals surface area (Å²) in [4.78, 5) is 50.7. The number of piperidine rings is 1. The number of aliphatic imine (C=N–C) groups is 1. The van der Waals surface area contributed by atoms with Crippen molar-refractivity contribution in [2.24, 2.45) is 10.9 Å². The number of fused-ring (bicyclic) bond motifs is 1. The minimum absolute atomic E-state index is 0.0223. The van der Waals surface area contributed by atoms with E-state index in [1.54, 1.807) is 31.5 Å². The molecule has 0 saturated carbocycles. The van der Waals surface area contributed by atoms with E-state index in [0.717, 1.165) is 23.1 Å². The Hall–Kier alpha value is -4.90. The highest BCUT2D eigenvalue weighted by Crippen LogP contribution is 2.43. The predicted molar refractivity (Wildman–Crippen MR) is 170 cm³/mol. The van der Waals surface area contributed by atoms with Gasteiger partial charge in [-0.3, -0.25) is 14.7 Å². The van der Waals surface area contributed by atoms with Crippen molar-refractivity contribution < 1.29 is 50.9 Å². The van der Waals surface area contributed by atoms with Gasteiger partial charge in [0.15, 0.2) is 16.5 Å². The predicted octanol–water partition coefficient (Wildman–Crippen LogP) is 5.17. The molecule has 3 atom stereocenters. The second-order valence-corrected chi connectivity index (χ2v) is 12.8. The summed E-state index contributed by atoms with van der Waals surface area (Å²) in [7, 11) is 0. The number of anilines is 1. The second-order valence-electron chi connectivity index (χ2n) is 11.9. The number of rotatable bonds is 9. The molecule has 0 radical (unpaired) electrons. The number of hydrogen-bond donors (Lipinski definition) is 2. The summed E-state index contributed by atoms with van der Waals surface area (Å²) in [5, 5.41) is 15.0. The van der Waals surface area contributed by atoms with Crippen molar-refractivity contribution in [3.05, 3.63) is 86.8 Å². The lowest BCUT2D eigenvalue weighted by Gasteiger charge is -2.38. The number of nitrogens with one attached hydrogen (secondary N) is 1. The Labute approximate surface area is 286 Å². The molecule has 264 valence electrons. The van der Waals surface area contributed by atoms with Gasteiger partial charge < -0.3 is 24.8 Å². The first-order valence-electron chi connectivity index (χ1n) is 15.5. The zero-order valence-corrected chi connectivity index (χ0v) is 27.4. The summed E-state index contributed by atoms with van der Waals surface area (Å²) in [5.41, 5.74) is -2.06. The molecule has 2 N–H and O–H groups in total. The van der Waals surface area contributed by atoms with Gasteiger partial charge in [0.1, 0.15) is 23.2 Å². The summed E-state index contributed by atoms with van der Waals surface area (Å²) >= 11 is 1.29. The standard InChI is InChI=1S/C33H30F5N5O6S/c1-3-48-30(46)25-23(40-27(28-39-10-12-50-28)41-26(25)20-5-4-6-22(34)17(20)2)16-42-11-9-32(35)18(14-42)15-43(31(32)47)19-7-8-24(49-33(36,37)38)21(13-19)29(44)45/h4-8,10,12-13,18,26H,3,9,11,14-16H2,1-2H3,(H,40,41)(H,44,45)/t18-,26-,32+/m0/s1. The zero-order valence-electron chi connectivity index (χ0n) is 26.6. The van der Waals surface area contributed by atoms with Crippen molar-refractivity contribution in [2.45, 2.75) is 38.3 Å². The number of alkyl halides is 4. The van der Waals surface area contributed by atoms with E-state index in [-0.39, 0.29) is 56.0 Å². The van der Waals surface area contributed by atoms with E-state index in [2.05, 4.69) is 15.0 Å². The molecule has 0 unspecified atom stereocenters. The Morgan fingerprint density at radius 3 is 2.66 bits per heavy atom. The Morgan fingerprint density at radius 2 is 1.98 bits per heavy atom. The number of halogens is 5. The van der Waals surface area contributed by atoms with Crippen molar-refractivity contribution in [3.63, 3.8) is 0 Å². The average molecular weight is 720 g/mol. The van der Waals surface area contributed by atoms with Crippen molar-refractivity contribution in [1.29, 1.82) is 0 Å². The third-order valence-electron chi connectivity index (χ3n) is 8.89. The molecule has 2 saturated heterocycles. The number of carbonyl (C=O) groups excluding carboxylic acids is 2. The molecule has 1 amide bonds. The lowest BCUT2D eigenvalue weighted by molar-refractivity contribution is -0.274. The van der Waals surface area contributed by atoms with Crippen LogP contribution in [-0.2, 0) is 14.3 Å². The van der Waals surface area contributed by atoms with E-state index in [4.69, 9.17) is 9.73 Å². The fourth-order valence-corrected chi connectivity index (χ4v) is 7.09. The van der Waals surface area contributed by atoms with E-state index < -0.39 is 59.0 Å². The number of likely N-dealkylation sites (tertiary alicyclic amines) is 1. The molecule has 2 fully saturated rings. The van der Waals surface area contributed by atoms with Crippen LogP contribution < -0.4 is 15.0 Å². The van der Waals surface area contributed by atoms with Crippen molar-refractivity contribution in [2.75, 3.05) is 37.7 Å². The number of aromatic carboxylic acids is 1. The Balaban J connectivity index is 1.31. The summed E-state index contributed by atoms with van der Waals surface area (Å²) < 4.78 is 79.0. The van der Waals surface area contributed by atoms with E-state index >= 15 is 4.39 Å². The van der Waals surface area contributed by atoms with E-state index in [0.29, 0.717) is 22.1 Å². The Bertz CT molecular complexity index is 1900. The lowest BCUT2D eigenvalue weighted by Crippen LogP contribution is -2.52. The SMILES string of the molecule is CCOC(=O)C1=C(CN2CC[C@]3(F)C(=O)N(c4ccc(OC(F)(F)F)c(C(=O)O)c4)C[C@@H]3C2)NC(c2nccs2)=N[C@H]1c1cccc(F)c1C. The molecule has 4 heterocycles. The number of carboxylic acid groups (broad SMARTS) is 1. The van der Waals surface area contributed by atoms with Crippen LogP contribution in [0.3, 0.4) is 0 Å². The summed E-state index contributed by atoms with van der Waals surface area (Å²) in [6, 6.07) is 6.21. The van der Waals surface area contributed by atoms with Gasteiger partial charge in [-0.15, -0.1) is 24.5 Å². The van der Waals surface area contributed by atoms with Gasteiger partial charge in [0.05, 0.1) is 12.2 Å². The topological polar surface area (TPSA) is 134 Å². The maximum absolute atomic E-state index is 16.4. The molecule has 0 spiro atoms. The number of thiazole rings is 1. The highest BCUT2D eigenvalue weighted by atomic mass is 32.1. The number of carbonyl (C=O) groups is 3. The van der Waals surface area contributed by atoms with Crippen LogP contribution in [0.4, 0.5) is 27.6 Å². The summed E-state index contributed by atoms with van der Waals surface area (Å²) in [6.07, 6.45) is -3.83. The van der Waals surface area contributed by atoms with Crippen molar-refractivity contribution in [1.82, 2.24) is 15.2 Å². The lowest BCUT2D eigenvalue weighted by atomic mass is 9.84. The molecule has 3 aliphatic rings. The largest absolute Gasteiger partial charge is 0.573 e. The first-order valence-corrected chi connectivity index (χ1v) is 16.3. The minimum atomic E-state index is -5.16. The van der Waals surface area contributed by atoms with Gasteiger partial charge in [0, 0.05) is 61.5 Å². The van der Waals surface area contributed by atoms with Gasteiger partial charge in [0.25, 0.3) is 5.91 Å². The summed E-state index contributed by atoms with van der Waals surface area (Å²) in [6.45, 7) is 3.22. The van der Waals surface area contributed by atoms with Gasteiger partial charge in [-0.05, 0) is 49.2 Å². The van der Waals surface area contributed by atoms with Gasteiger partial charge in [0.2, 0.25) is 0 Å². The van der Waals surface area contributed by atoms with Crippen LogP contribution in [0.1, 0.15) is 45.9 Å². The molecule has 3 aliphatic heterocycles. The number of nitrogens with zero attached hydrogens (tertiary/aromatic N) is 4. The third-order valence-corrected chi connectivity index (χ3v) is 9.67. The number of ether oxygens (including phenoxy) is 2. The van der Waals surface area contributed by atoms with Crippen LogP contribution in [0.2, 0.25) is 0 Å². The molecule has 6 rings (SSSR count). The molecule has 2 aromatic carbocycles. The van der Waals surface area contributed by atoms with Crippen LogP contribution in [0, 0.1) is 18.7 Å². The maximum atomic E-state index is 16.4. The normalized spacial score (nSPS) is 22.6. The van der Waals surface area contributed by atoms with Gasteiger partial charge in [-0.25, -0.2) is 23.4 Å². The molecule has 0 aliphatic carbocycles. The number of amides is 1. The van der Waals surface area contributed by atoms with Gasteiger partial charge >= 0.3 is 18.3 Å². The first-order chi connectivity index (χ1) is 23.7. The van der Waals surface area contributed by atoms with E-state index in [1.807, 2.05) is 4.90 Å².